The van der Waals surface area contributed by atoms with Crippen LogP contribution in [0.4, 0.5) is 13.2 Å². The summed E-state index contributed by atoms with van der Waals surface area (Å²) in [5.41, 5.74) is -1.50. The van der Waals surface area contributed by atoms with Gasteiger partial charge in [-0.3, -0.25) is 0 Å². The molecule has 0 saturated heterocycles. The molecule has 0 aromatic heterocycles. The maximum Gasteiger partial charge on any atom is 0.417 e. The number of carboxylic acids is 1. The highest BCUT2D eigenvalue weighted by Gasteiger charge is 2.34. The first kappa shape index (κ1) is 10.9. The van der Waals surface area contributed by atoms with Crippen LogP contribution in [0.15, 0.2) is 23.1 Å². The lowest BCUT2D eigenvalue weighted by Gasteiger charge is -2.10. The van der Waals surface area contributed by atoms with Crippen molar-refractivity contribution in [3.63, 3.8) is 0 Å². The molecule has 0 atom stereocenters. The molecule has 0 radical (unpaired) electrons. The zero-order valence-corrected chi connectivity index (χ0v) is 7.56. The Bertz CT molecular complexity index is 373. The molecule has 0 aliphatic heterocycles. The quantitative estimate of drug-likeness (QED) is 0.717. The molecule has 0 spiro atoms. The Balaban J connectivity index is 3.35. The van der Waals surface area contributed by atoms with Crippen molar-refractivity contribution < 1.29 is 23.1 Å². The molecule has 1 rings (SSSR count). The molecule has 2 nitrogen and oxygen atoms in total. The van der Waals surface area contributed by atoms with E-state index >= 15 is 0 Å². The summed E-state index contributed by atoms with van der Waals surface area (Å²) in [5.74, 6) is -1.43. The van der Waals surface area contributed by atoms with Crippen LogP contribution < -0.4 is 0 Å². The molecular formula is C8H5F3O2S. The van der Waals surface area contributed by atoms with Crippen molar-refractivity contribution >= 4 is 18.6 Å². The number of aromatic carboxylic acids is 1. The van der Waals surface area contributed by atoms with Crippen LogP contribution in [0.25, 0.3) is 0 Å². The van der Waals surface area contributed by atoms with Gasteiger partial charge in [-0.1, -0.05) is 6.07 Å². The summed E-state index contributed by atoms with van der Waals surface area (Å²) >= 11 is 3.54. The van der Waals surface area contributed by atoms with Crippen LogP contribution in [0.2, 0.25) is 0 Å². The summed E-state index contributed by atoms with van der Waals surface area (Å²) in [6, 6.07) is 2.89. The van der Waals surface area contributed by atoms with E-state index < -0.39 is 28.2 Å². The standard InChI is InChI=1S/C8H5F3O2S/c9-8(10,11)5-3-1-2-4(6(5)14)7(12)13/h1-3,14H,(H,12,13). The minimum Gasteiger partial charge on any atom is -0.478 e. The summed E-state index contributed by atoms with van der Waals surface area (Å²) < 4.78 is 36.8. The Kier molecular flexibility index (Phi) is 2.75. The van der Waals surface area contributed by atoms with Gasteiger partial charge in [0.05, 0.1) is 11.1 Å². The average molecular weight is 222 g/mol. The second kappa shape index (κ2) is 3.53. The zero-order chi connectivity index (χ0) is 10.9. The molecule has 6 heteroatoms. The van der Waals surface area contributed by atoms with Crippen LogP contribution in [0.1, 0.15) is 15.9 Å². The molecule has 0 aliphatic carbocycles. The van der Waals surface area contributed by atoms with Crippen molar-refractivity contribution in [2.24, 2.45) is 0 Å². The fourth-order valence-electron chi connectivity index (χ4n) is 0.945. The molecule has 0 aliphatic rings. The monoisotopic (exact) mass is 222 g/mol. The van der Waals surface area contributed by atoms with Crippen molar-refractivity contribution in [1.29, 1.82) is 0 Å². The maximum atomic E-state index is 12.3. The number of hydrogen-bond acceptors (Lipinski definition) is 2. The molecule has 0 unspecified atom stereocenters. The third-order valence-corrected chi connectivity index (χ3v) is 2.05. The average Bonchev–Trinajstić information content (AvgIpc) is 2.01. The number of alkyl halides is 3. The Morgan fingerprint density at radius 3 is 2.36 bits per heavy atom. The van der Waals surface area contributed by atoms with Crippen LogP contribution >= 0.6 is 12.6 Å². The van der Waals surface area contributed by atoms with E-state index in [1.807, 2.05) is 0 Å². The molecular weight excluding hydrogens is 217 g/mol. The van der Waals surface area contributed by atoms with Gasteiger partial charge in [-0.25, -0.2) is 4.79 Å². The van der Waals surface area contributed by atoms with Crippen LogP contribution in [-0.4, -0.2) is 11.1 Å². The Morgan fingerprint density at radius 1 is 1.36 bits per heavy atom. The lowest BCUT2D eigenvalue weighted by atomic mass is 10.1. The van der Waals surface area contributed by atoms with Crippen molar-refractivity contribution in [1.82, 2.24) is 0 Å². The molecule has 0 fully saturated rings. The second-order valence-electron chi connectivity index (χ2n) is 2.50. The summed E-state index contributed by atoms with van der Waals surface area (Å²) in [5, 5.41) is 8.54. The first-order valence-corrected chi connectivity index (χ1v) is 3.91. The van der Waals surface area contributed by atoms with Gasteiger partial charge in [0.15, 0.2) is 0 Å². The highest BCUT2D eigenvalue weighted by Crippen LogP contribution is 2.35. The van der Waals surface area contributed by atoms with Crippen LogP contribution in [0.3, 0.4) is 0 Å². The molecule has 0 bridgehead atoms. The van der Waals surface area contributed by atoms with Gasteiger partial charge in [-0.05, 0) is 12.1 Å². The minimum absolute atomic E-state index is 0.455. The number of halogens is 3. The normalized spacial score (nSPS) is 11.4. The van der Waals surface area contributed by atoms with Crippen LogP contribution in [-0.2, 0) is 6.18 Å². The zero-order valence-electron chi connectivity index (χ0n) is 6.67. The SMILES string of the molecule is O=C(O)c1cccc(C(F)(F)F)c1S. The Labute approximate surface area is 82.8 Å². The van der Waals surface area contributed by atoms with Gasteiger partial charge in [0, 0.05) is 4.90 Å². The predicted octanol–water partition coefficient (Wildman–Crippen LogP) is 2.69. The molecule has 0 heterocycles. The van der Waals surface area contributed by atoms with Gasteiger partial charge < -0.3 is 5.11 Å². The fraction of sp³-hybridized carbons (Fsp3) is 0.125. The number of benzene rings is 1. The van der Waals surface area contributed by atoms with Gasteiger partial charge in [-0.15, -0.1) is 12.6 Å². The highest BCUT2D eigenvalue weighted by atomic mass is 32.1. The van der Waals surface area contributed by atoms with Gasteiger partial charge >= 0.3 is 12.1 Å². The first-order valence-electron chi connectivity index (χ1n) is 3.46. The number of rotatable bonds is 1. The highest BCUT2D eigenvalue weighted by molar-refractivity contribution is 7.80. The Morgan fingerprint density at radius 2 is 1.93 bits per heavy atom. The smallest absolute Gasteiger partial charge is 0.417 e. The van der Waals surface area contributed by atoms with E-state index in [0.717, 1.165) is 18.2 Å². The molecule has 0 saturated carbocycles. The number of carbonyl (C=O) groups is 1. The number of thiol groups is 1. The summed E-state index contributed by atoms with van der Waals surface area (Å²) in [6.07, 6.45) is -4.58. The molecule has 1 aromatic rings. The fourth-order valence-corrected chi connectivity index (χ4v) is 1.32. The van der Waals surface area contributed by atoms with E-state index in [4.69, 9.17) is 5.11 Å². The largest absolute Gasteiger partial charge is 0.478 e. The van der Waals surface area contributed by atoms with E-state index in [0.29, 0.717) is 0 Å². The molecule has 76 valence electrons. The topological polar surface area (TPSA) is 37.3 Å². The molecule has 0 amide bonds. The third kappa shape index (κ3) is 2.01. The number of carboxylic acid groups (broad SMARTS) is 1. The van der Waals surface area contributed by atoms with Crippen molar-refractivity contribution in [2.75, 3.05) is 0 Å². The van der Waals surface area contributed by atoms with Crippen LogP contribution in [0, 0.1) is 0 Å². The van der Waals surface area contributed by atoms with E-state index in [9.17, 15) is 18.0 Å². The maximum absolute atomic E-state index is 12.3. The van der Waals surface area contributed by atoms with Crippen molar-refractivity contribution in [3.05, 3.63) is 29.3 Å². The van der Waals surface area contributed by atoms with E-state index in [-0.39, 0.29) is 0 Å². The van der Waals surface area contributed by atoms with Crippen molar-refractivity contribution in [3.8, 4) is 0 Å². The van der Waals surface area contributed by atoms with Gasteiger partial charge in [0.1, 0.15) is 0 Å². The minimum atomic E-state index is -4.58. The van der Waals surface area contributed by atoms with Gasteiger partial charge in [0.25, 0.3) is 0 Å². The third-order valence-electron chi connectivity index (χ3n) is 1.57. The summed E-state index contributed by atoms with van der Waals surface area (Å²) in [4.78, 5) is 9.92. The molecule has 14 heavy (non-hydrogen) atoms. The summed E-state index contributed by atoms with van der Waals surface area (Å²) in [6.45, 7) is 0. The molecule has 1 N–H and O–H groups in total. The van der Waals surface area contributed by atoms with Gasteiger partial charge in [-0.2, -0.15) is 13.2 Å². The van der Waals surface area contributed by atoms with Crippen molar-refractivity contribution in [2.45, 2.75) is 11.1 Å². The molecule has 1 aromatic carbocycles. The van der Waals surface area contributed by atoms with E-state index in [1.165, 1.54) is 0 Å². The summed E-state index contributed by atoms with van der Waals surface area (Å²) in [7, 11) is 0. The second-order valence-corrected chi connectivity index (χ2v) is 2.95. The van der Waals surface area contributed by atoms with E-state index in [2.05, 4.69) is 12.6 Å². The predicted molar refractivity (Wildman–Crippen MR) is 45.7 cm³/mol. The lowest BCUT2D eigenvalue weighted by Crippen LogP contribution is -2.09. The van der Waals surface area contributed by atoms with Crippen LogP contribution in [0.5, 0.6) is 0 Å². The van der Waals surface area contributed by atoms with E-state index in [1.54, 1.807) is 0 Å². The first-order chi connectivity index (χ1) is 6.34. The Hall–Kier alpha value is -1.17. The number of hydrogen-bond donors (Lipinski definition) is 2. The van der Waals surface area contributed by atoms with Gasteiger partial charge in [0.2, 0.25) is 0 Å². The lowest BCUT2D eigenvalue weighted by molar-refractivity contribution is -0.139.